The number of hydrogen-bond acceptors (Lipinski definition) is 4. The quantitative estimate of drug-likeness (QED) is 0.673. The van der Waals surface area contributed by atoms with Crippen molar-refractivity contribution in [2.24, 2.45) is 0 Å². The maximum absolute atomic E-state index is 11.7. The van der Waals surface area contributed by atoms with Gasteiger partial charge in [-0.2, -0.15) is 0 Å². The van der Waals surface area contributed by atoms with Gasteiger partial charge in [0.2, 0.25) is 0 Å². The fourth-order valence-corrected chi connectivity index (χ4v) is 2.90. The van der Waals surface area contributed by atoms with Crippen molar-refractivity contribution in [2.75, 3.05) is 7.11 Å². The Balaban J connectivity index is 2.28. The topological polar surface area (TPSA) is 57.0 Å². The summed E-state index contributed by atoms with van der Waals surface area (Å²) in [6.45, 7) is 2.03. The van der Waals surface area contributed by atoms with E-state index in [9.17, 15) is 4.79 Å². The summed E-state index contributed by atoms with van der Waals surface area (Å²) in [5.41, 5.74) is 3.30. The zero-order valence-corrected chi connectivity index (χ0v) is 14.0. The predicted molar refractivity (Wildman–Crippen MR) is 89.7 cm³/mol. The Morgan fingerprint density at radius 3 is 2.65 bits per heavy atom. The van der Waals surface area contributed by atoms with E-state index in [1.54, 1.807) is 18.2 Å². The number of carbonyl (C=O) groups excluding carboxylic acids is 1. The minimum absolute atomic E-state index is 0.113. The van der Waals surface area contributed by atoms with E-state index in [1.807, 2.05) is 23.6 Å². The van der Waals surface area contributed by atoms with Gasteiger partial charge in [-0.3, -0.25) is 4.79 Å². The Bertz CT molecular complexity index is 888. The molecular weight excluding hydrogens is 337 g/mol. The van der Waals surface area contributed by atoms with Crippen LogP contribution in [0.5, 0.6) is 0 Å². The first-order valence-electron chi connectivity index (χ1n) is 6.86. The smallest absolute Gasteiger partial charge is 0.325 e. The molecule has 0 N–H and O–H groups in total. The predicted octanol–water partition coefficient (Wildman–Crippen LogP) is 3.89. The van der Waals surface area contributed by atoms with Gasteiger partial charge in [0.25, 0.3) is 0 Å². The van der Waals surface area contributed by atoms with Gasteiger partial charge in [-0.25, -0.2) is 0 Å². The number of fused-ring (bicyclic) bond motifs is 1. The zero-order chi connectivity index (χ0) is 16.6. The van der Waals surface area contributed by atoms with E-state index in [0.717, 1.165) is 22.2 Å². The summed E-state index contributed by atoms with van der Waals surface area (Å²) in [6, 6.07) is 8.98. The average molecular weight is 350 g/mol. The molecule has 0 spiro atoms. The van der Waals surface area contributed by atoms with Crippen LogP contribution in [0.15, 0.2) is 30.3 Å². The fourth-order valence-electron chi connectivity index (χ4n) is 2.62. The molecule has 0 saturated carbocycles. The number of rotatable bonds is 3. The second-order valence-electron chi connectivity index (χ2n) is 5.03. The molecule has 0 aliphatic carbocycles. The monoisotopic (exact) mass is 349 g/mol. The Hall–Kier alpha value is -2.11. The summed E-state index contributed by atoms with van der Waals surface area (Å²) >= 11 is 12.0. The van der Waals surface area contributed by atoms with E-state index < -0.39 is 0 Å². The molecule has 0 radical (unpaired) electrons. The maximum Gasteiger partial charge on any atom is 0.325 e. The first kappa shape index (κ1) is 15.8. The molecule has 2 aromatic heterocycles. The van der Waals surface area contributed by atoms with E-state index >= 15 is 0 Å². The zero-order valence-electron chi connectivity index (χ0n) is 12.5. The number of esters is 1. The van der Waals surface area contributed by atoms with E-state index in [0.29, 0.717) is 15.9 Å². The minimum atomic E-state index is -0.325. The Kier molecular flexibility index (Phi) is 4.24. The van der Waals surface area contributed by atoms with E-state index in [2.05, 4.69) is 10.2 Å². The third-order valence-corrected chi connectivity index (χ3v) is 4.13. The molecule has 0 unspecified atom stereocenters. The second-order valence-corrected chi connectivity index (χ2v) is 5.85. The van der Waals surface area contributed by atoms with E-state index in [1.165, 1.54) is 7.11 Å². The van der Waals surface area contributed by atoms with E-state index in [4.69, 9.17) is 27.9 Å². The molecule has 2 heterocycles. The third-order valence-electron chi connectivity index (χ3n) is 3.69. The third kappa shape index (κ3) is 2.90. The molecule has 0 aliphatic rings. The summed E-state index contributed by atoms with van der Waals surface area (Å²) in [7, 11) is 1.37. The summed E-state index contributed by atoms with van der Waals surface area (Å²) in [4.78, 5) is 11.7. The van der Waals surface area contributed by atoms with Crippen molar-refractivity contribution in [3.05, 3.63) is 46.2 Å². The van der Waals surface area contributed by atoms with Gasteiger partial charge in [0.1, 0.15) is 6.54 Å². The van der Waals surface area contributed by atoms with Crippen LogP contribution in [0.2, 0.25) is 10.2 Å². The molecule has 1 aromatic carbocycles. The van der Waals surface area contributed by atoms with Crippen LogP contribution in [-0.2, 0) is 16.1 Å². The van der Waals surface area contributed by atoms with Gasteiger partial charge in [0, 0.05) is 27.2 Å². The van der Waals surface area contributed by atoms with Crippen LogP contribution in [0.3, 0.4) is 0 Å². The van der Waals surface area contributed by atoms with Gasteiger partial charge in [-0.1, -0.05) is 23.2 Å². The summed E-state index contributed by atoms with van der Waals surface area (Å²) in [5.74, 6) is -0.325. The first-order chi connectivity index (χ1) is 11.0. The van der Waals surface area contributed by atoms with Crippen LogP contribution in [0.25, 0.3) is 22.2 Å². The summed E-state index contributed by atoms with van der Waals surface area (Å²) < 4.78 is 6.66. The average Bonchev–Trinajstić information content (AvgIpc) is 2.80. The molecule has 118 valence electrons. The summed E-state index contributed by atoms with van der Waals surface area (Å²) in [6.07, 6.45) is 0. The van der Waals surface area contributed by atoms with Gasteiger partial charge >= 0.3 is 5.97 Å². The Labute approximate surface area is 142 Å². The number of hydrogen-bond donors (Lipinski definition) is 0. The number of halogens is 2. The van der Waals surface area contributed by atoms with Crippen molar-refractivity contribution in [2.45, 2.75) is 13.5 Å². The molecule has 23 heavy (non-hydrogen) atoms. The number of benzene rings is 1. The van der Waals surface area contributed by atoms with Gasteiger partial charge in [-0.05, 0) is 37.3 Å². The number of carbonyl (C=O) groups is 1. The number of nitrogens with zero attached hydrogens (tertiary/aromatic N) is 3. The lowest BCUT2D eigenvalue weighted by Gasteiger charge is -2.07. The number of aromatic nitrogens is 3. The van der Waals surface area contributed by atoms with Crippen molar-refractivity contribution in [1.29, 1.82) is 0 Å². The highest BCUT2D eigenvalue weighted by molar-refractivity contribution is 6.31. The molecule has 0 saturated heterocycles. The van der Waals surface area contributed by atoms with Crippen molar-refractivity contribution in [3.8, 4) is 11.3 Å². The molecule has 3 aromatic rings. The maximum atomic E-state index is 11.7. The minimum Gasteiger partial charge on any atom is -0.468 e. The van der Waals surface area contributed by atoms with Crippen molar-refractivity contribution >= 4 is 40.1 Å². The molecule has 3 rings (SSSR count). The van der Waals surface area contributed by atoms with Crippen LogP contribution in [0, 0.1) is 6.92 Å². The molecule has 7 heteroatoms. The van der Waals surface area contributed by atoms with E-state index in [-0.39, 0.29) is 12.5 Å². The second kappa shape index (κ2) is 6.18. The summed E-state index contributed by atoms with van der Waals surface area (Å²) in [5, 5.41) is 9.87. The Morgan fingerprint density at radius 1 is 1.22 bits per heavy atom. The van der Waals surface area contributed by atoms with Crippen molar-refractivity contribution in [3.63, 3.8) is 0 Å². The van der Waals surface area contributed by atoms with Crippen LogP contribution in [0.4, 0.5) is 0 Å². The van der Waals surface area contributed by atoms with Crippen LogP contribution in [-0.4, -0.2) is 27.8 Å². The van der Waals surface area contributed by atoms with Gasteiger partial charge in [0.05, 0.1) is 12.8 Å². The lowest BCUT2D eigenvalue weighted by atomic mass is 10.1. The molecule has 0 fully saturated rings. The van der Waals surface area contributed by atoms with Gasteiger partial charge < -0.3 is 9.30 Å². The van der Waals surface area contributed by atoms with Crippen LogP contribution in [0.1, 0.15) is 5.69 Å². The highest BCUT2D eigenvalue weighted by Crippen LogP contribution is 2.35. The molecule has 0 amide bonds. The van der Waals surface area contributed by atoms with Crippen LogP contribution >= 0.6 is 23.2 Å². The SMILES string of the molecule is COC(=O)Cn1c(C)c(-c2ccc(Cl)nn2)c2cc(Cl)ccc21. The highest BCUT2D eigenvalue weighted by atomic mass is 35.5. The lowest BCUT2D eigenvalue weighted by molar-refractivity contribution is -0.141. The van der Waals surface area contributed by atoms with Crippen LogP contribution < -0.4 is 0 Å². The lowest BCUT2D eigenvalue weighted by Crippen LogP contribution is -2.12. The largest absolute Gasteiger partial charge is 0.468 e. The molecule has 0 aliphatic heterocycles. The Morgan fingerprint density at radius 2 is 2.00 bits per heavy atom. The number of ether oxygens (including phenoxy) is 1. The molecule has 0 bridgehead atoms. The molecular formula is C16H13Cl2N3O2. The normalized spacial score (nSPS) is 11.0. The molecule has 5 nitrogen and oxygen atoms in total. The van der Waals surface area contributed by atoms with Crippen molar-refractivity contribution < 1.29 is 9.53 Å². The molecule has 0 atom stereocenters. The number of methoxy groups -OCH3 is 1. The van der Waals surface area contributed by atoms with Gasteiger partial charge in [0.15, 0.2) is 5.15 Å². The first-order valence-corrected chi connectivity index (χ1v) is 7.61. The fraction of sp³-hybridized carbons (Fsp3) is 0.188. The van der Waals surface area contributed by atoms with Gasteiger partial charge in [-0.15, -0.1) is 10.2 Å². The highest BCUT2D eigenvalue weighted by Gasteiger charge is 2.19. The van der Waals surface area contributed by atoms with Crippen molar-refractivity contribution in [1.82, 2.24) is 14.8 Å². The standard InChI is InChI=1S/C16H13Cl2N3O2/c1-9-16(12-4-6-14(18)20-19-12)11-7-10(17)3-5-13(11)21(9)8-15(22)23-2/h3-7H,8H2,1-2H3.